The molecule has 544 valence electrons. The van der Waals surface area contributed by atoms with Gasteiger partial charge in [0, 0.05) is 45.4 Å². The lowest BCUT2D eigenvalue weighted by molar-refractivity contribution is -0.141. The van der Waals surface area contributed by atoms with Gasteiger partial charge in [-0.2, -0.15) is 0 Å². The SMILES string of the molecule is N=C(N)NCCC[C@@H]1NC(=O)C(=CCCCNC(=O)C(=N)CCC(=O)NCCCC[C@@H]2NC(=O)C(=Cc3ccc4ccccc4c3)NC(=O)[C@H](CC(=O)O)NC(=O)CNC(=O)[C@H](CCCNC(=N)N)NC2=O)NC(=O)[C@@H](Cc2ccc3ccccc3c2)NC(=O)[C@H](CC(=O)O)NC(=O)CNC1=O. The minimum atomic E-state index is -1.74. The Balaban J connectivity index is 1.10. The Morgan fingerprint density at radius 3 is 1.53 bits per heavy atom. The zero-order valence-electron chi connectivity index (χ0n) is 55.6. The number of guanidine groups is 2. The number of aliphatic carboxylic acids is 2. The molecule has 0 aromatic heterocycles. The van der Waals surface area contributed by atoms with Gasteiger partial charge in [0.25, 0.3) is 17.7 Å². The molecule has 6 rings (SSSR count). The molecular weight excluding hydrogens is 1330 g/mol. The van der Waals surface area contributed by atoms with Gasteiger partial charge in [-0.05, 0) is 103 Å². The predicted molar refractivity (Wildman–Crippen MR) is 370 cm³/mol. The second kappa shape index (κ2) is 39.9. The Morgan fingerprint density at radius 1 is 0.471 bits per heavy atom. The second-order valence-electron chi connectivity index (χ2n) is 23.9. The van der Waals surface area contributed by atoms with E-state index < -0.39 is 162 Å². The molecule has 23 N–H and O–H groups in total. The molecule has 12 amide bonds. The van der Waals surface area contributed by atoms with Crippen LogP contribution >= 0.6 is 0 Å². The number of hydrogen-bond acceptors (Lipinski definition) is 17. The van der Waals surface area contributed by atoms with Gasteiger partial charge in [0.15, 0.2) is 11.9 Å². The van der Waals surface area contributed by atoms with Gasteiger partial charge >= 0.3 is 11.9 Å². The molecule has 0 saturated carbocycles. The van der Waals surface area contributed by atoms with Crippen LogP contribution in [0.3, 0.4) is 0 Å². The van der Waals surface area contributed by atoms with Crippen molar-refractivity contribution in [2.75, 3.05) is 39.3 Å². The summed E-state index contributed by atoms with van der Waals surface area (Å²) in [6, 6.07) is 15.9. The first-order chi connectivity index (χ1) is 48.7. The largest absolute Gasteiger partial charge is 0.481 e. The second-order valence-corrected chi connectivity index (χ2v) is 23.9. The number of benzene rings is 4. The number of carbonyl (C=O) groups is 14. The zero-order chi connectivity index (χ0) is 74.3. The molecule has 0 spiro atoms. The van der Waals surface area contributed by atoms with Crippen molar-refractivity contribution in [3.63, 3.8) is 0 Å². The Labute approximate surface area is 584 Å². The van der Waals surface area contributed by atoms with E-state index in [-0.39, 0.29) is 115 Å². The van der Waals surface area contributed by atoms with E-state index in [4.69, 9.17) is 27.7 Å². The van der Waals surface area contributed by atoms with Crippen LogP contribution in [0.15, 0.2) is 102 Å². The maximum absolute atomic E-state index is 14.4. The summed E-state index contributed by atoms with van der Waals surface area (Å²) < 4.78 is 0. The fourth-order valence-electron chi connectivity index (χ4n) is 10.6. The van der Waals surface area contributed by atoms with Crippen molar-refractivity contribution in [2.45, 2.75) is 126 Å². The molecule has 2 saturated heterocycles. The summed E-state index contributed by atoms with van der Waals surface area (Å²) in [5.74, 6) is -14.7. The summed E-state index contributed by atoms with van der Waals surface area (Å²) in [4.78, 5) is 188. The summed E-state index contributed by atoms with van der Waals surface area (Å²) >= 11 is 0. The smallest absolute Gasteiger partial charge is 0.305 e. The maximum Gasteiger partial charge on any atom is 0.305 e. The van der Waals surface area contributed by atoms with Gasteiger partial charge in [-0.15, -0.1) is 0 Å². The number of hydrogen-bond donors (Lipinski definition) is 21. The summed E-state index contributed by atoms with van der Waals surface area (Å²) in [7, 11) is 0. The number of carboxylic acid groups (broad SMARTS) is 2. The van der Waals surface area contributed by atoms with Crippen molar-refractivity contribution < 1.29 is 77.3 Å². The van der Waals surface area contributed by atoms with Crippen LogP contribution in [0.25, 0.3) is 27.6 Å². The summed E-state index contributed by atoms with van der Waals surface area (Å²) in [6.45, 7) is -1.38. The average Bonchev–Trinajstić information content (AvgIpc) is 1.12. The van der Waals surface area contributed by atoms with Gasteiger partial charge in [0.1, 0.15) is 47.6 Å². The maximum atomic E-state index is 14.4. The van der Waals surface area contributed by atoms with E-state index in [2.05, 4.69) is 74.4 Å². The molecule has 35 nitrogen and oxygen atoms in total. The first-order valence-corrected chi connectivity index (χ1v) is 32.8. The standard InChI is InChI=1S/C67H85N19O16/c68-43(57(94)74-26-8-6-16-47-61(98)82-45(18-10-28-76-67(71)72)59(96)78-36-54(89)80-51(34-56(92)93)65(102)86-49(63(100)84-47)32-38-20-22-40-12-2-4-14-42(40)30-38)23-24-52(87)73-25-7-5-15-46-60(97)81-44(17-9-27-75-66(69)70)58(95)77-35-53(88)79-50(33-55(90)91)64(101)85-48(62(99)83-46)31-37-19-21-39-11-1-3-13-41(39)29-37/h1-4,11-14,16,19-22,29-31,44-46,49-51,68H,5-10,15,17-18,23-28,32-36H2,(H,73,87)(H,74,94)(H,77,95)(H,78,96)(H,79,88)(H,80,89)(H,81,97)(H,82,98)(H,83,99)(H,84,100)(H,85,101)(H,86,102)(H,90,91)(H,92,93)(H4,69,70,75)(H4,71,72,76)/t44-,45-,46-,49+,50-,51-/m0/s1. The van der Waals surface area contributed by atoms with Crippen molar-refractivity contribution in [3.8, 4) is 0 Å². The van der Waals surface area contributed by atoms with E-state index in [0.29, 0.717) is 11.1 Å². The lowest BCUT2D eigenvalue weighted by atomic mass is 10.0. The molecule has 2 aliphatic rings. The van der Waals surface area contributed by atoms with Gasteiger partial charge in [0.05, 0.1) is 31.6 Å². The van der Waals surface area contributed by atoms with Crippen LogP contribution in [-0.2, 0) is 73.5 Å². The van der Waals surface area contributed by atoms with Crippen LogP contribution in [0.4, 0.5) is 0 Å². The van der Waals surface area contributed by atoms with E-state index in [1.165, 1.54) is 12.2 Å². The molecule has 35 heteroatoms. The first-order valence-electron chi connectivity index (χ1n) is 32.8. The molecule has 0 unspecified atom stereocenters. The fourth-order valence-corrected chi connectivity index (χ4v) is 10.6. The van der Waals surface area contributed by atoms with Gasteiger partial charge < -0.3 is 96.1 Å². The fraction of sp³-hybridized carbons (Fsp3) is 0.388. The van der Waals surface area contributed by atoms with E-state index in [1.54, 1.807) is 48.5 Å². The third-order valence-electron chi connectivity index (χ3n) is 15.9. The van der Waals surface area contributed by atoms with Gasteiger partial charge in [0.2, 0.25) is 53.2 Å². The number of carboxylic acids is 2. The molecule has 0 bridgehead atoms. The summed E-state index contributed by atoms with van der Waals surface area (Å²) in [5.41, 5.74) is 10.5. The normalized spacial score (nSPS) is 19.9. The van der Waals surface area contributed by atoms with E-state index in [1.807, 2.05) is 36.4 Å². The molecule has 4 aromatic rings. The summed E-state index contributed by atoms with van der Waals surface area (Å²) in [6.07, 6.45) is 0.384. The van der Waals surface area contributed by atoms with E-state index >= 15 is 0 Å². The highest BCUT2D eigenvalue weighted by Gasteiger charge is 2.34. The third-order valence-corrected chi connectivity index (χ3v) is 15.9. The monoisotopic (exact) mass is 1410 g/mol. The summed E-state index contributed by atoms with van der Waals surface area (Å²) in [5, 5.41) is 81.0. The molecule has 2 fully saturated rings. The van der Waals surface area contributed by atoms with Crippen LogP contribution in [0.2, 0.25) is 0 Å². The predicted octanol–water partition coefficient (Wildman–Crippen LogP) is -2.68. The first kappa shape index (κ1) is 78.7. The number of rotatable bonds is 28. The Bertz CT molecular complexity index is 3920. The Kier molecular flexibility index (Phi) is 30.8. The van der Waals surface area contributed by atoms with Gasteiger partial charge in [-0.1, -0.05) is 84.9 Å². The topological polar surface area (TPSA) is 571 Å². The number of nitrogens with one attached hydrogen (secondary N) is 17. The third kappa shape index (κ3) is 26.8. The molecule has 6 atom stereocenters. The van der Waals surface area contributed by atoms with E-state index in [0.717, 1.165) is 21.5 Å². The van der Waals surface area contributed by atoms with Crippen LogP contribution in [-0.4, -0.2) is 186 Å². The molecule has 0 radical (unpaired) electrons. The molecule has 0 aliphatic carbocycles. The lowest BCUT2D eigenvalue weighted by Gasteiger charge is -2.24. The average molecular weight is 1410 g/mol. The number of carbonyl (C=O) groups excluding carboxylic acids is 12. The molecular formula is C67H85N19O16. The molecule has 102 heavy (non-hydrogen) atoms. The van der Waals surface area contributed by atoms with Crippen molar-refractivity contribution in [3.05, 3.63) is 114 Å². The van der Waals surface area contributed by atoms with Crippen molar-refractivity contribution in [2.24, 2.45) is 11.5 Å². The van der Waals surface area contributed by atoms with Crippen molar-refractivity contribution >= 4 is 128 Å². The molecule has 4 aromatic carbocycles. The number of unbranched alkanes of at least 4 members (excludes halogenated alkanes) is 2. The molecule has 2 heterocycles. The highest BCUT2D eigenvalue weighted by atomic mass is 16.4. The molecule has 2 aliphatic heterocycles. The number of fused-ring (bicyclic) bond motifs is 2. The number of allylic oxidation sites excluding steroid dienone is 1. The highest BCUT2D eigenvalue weighted by Crippen LogP contribution is 2.20. The van der Waals surface area contributed by atoms with Crippen molar-refractivity contribution in [1.29, 1.82) is 16.2 Å². The van der Waals surface area contributed by atoms with Crippen molar-refractivity contribution in [1.82, 2.24) is 74.4 Å². The van der Waals surface area contributed by atoms with Gasteiger partial charge in [-0.3, -0.25) is 83.4 Å². The number of nitrogens with two attached hydrogens (primary N) is 2. The minimum absolute atomic E-state index is 0.00985. The van der Waals surface area contributed by atoms with Crippen LogP contribution in [0.5, 0.6) is 0 Å². The quantitative estimate of drug-likeness (QED) is 0.0119. The van der Waals surface area contributed by atoms with Crippen LogP contribution in [0.1, 0.15) is 94.6 Å². The Morgan fingerprint density at radius 2 is 0.941 bits per heavy atom. The minimum Gasteiger partial charge on any atom is -0.481 e. The van der Waals surface area contributed by atoms with Crippen LogP contribution < -0.4 is 85.9 Å². The number of amides is 12. The van der Waals surface area contributed by atoms with Crippen LogP contribution in [0, 0.1) is 16.2 Å². The van der Waals surface area contributed by atoms with E-state index in [9.17, 15) is 77.3 Å². The van der Waals surface area contributed by atoms with Gasteiger partial charge in [-0.25, -0.2) is 0 Å². The zero-order valence-corrected chi connectivity index (χ0v) is 55.6. The Hall–Kier alpha value is -12.3. The lowest BCUT2D eigenvalue weighted by Crippen LogP contribution is -2.55. The highest BCUT2D eigenvalue weighted by molar-refractivity contribution is 6.37.